The molecule has 4 heteroatoms. The van der Waals surface area contributed by atoms with Gasteiger partial charge in [0.05, 0.1) is 0 Å². The monoisotopic (exact) mass is 266 g/mol. The molecule has 1 aromatic rings. The van der Waals surface area contributed by atoms with Gasteiger partial charge in [0.2, 0.25) is 5.91 Å². The van der Waals surface area contributed by atoms with Crippen molar-refractivity contribution < 1.29 is 4.79 Å². The number of carbonyl (C=O) groups is 1. The normalized spacial score (nSPS) is 22.5. The van der Waals surface area contributed by atoms with Crippen LogP contribution in [-0.2, 0) is 4.79 Å². The van der Waals surface area contributed by atoms with E-state index in [1.807, 2.05) is 17.0 Å². The van der Waals surface area contributed by atoms with Crippen LogP contribution in [0.15, 0.2) is 22.8 Å². The van der Waals surface area contributed by atoms with Crippen molar-refractivity contribution in [1.29, 1.82) is 0 Å². The van der Waals surface area contributed by atoms with Crippen molar-refractivity contribution in [3.8, 4) is 0 Å². The molecule has 1 aromatic heterocycles. The molecule has 1 saturated heterocycles. The minimum atomic E-state index is 0.137. The lowest BCUT2D eigenvalue weighted by Gasteiger charge is -2.23. The molecule has 0 N–H and O–H groups in total. The Morgan fingerprint density at radius 2 is 2.13 bits per heavy atom. The molecule has 78 valence electrons. The lowest BCUT2D eigenvalue weighted by molar-refractivity contribution is -0.117. The molecule has 1 aliphatic heterocycles. The standard InChI is InChI=1S/C11H11BrN2O/c12-8-1-2-9(13-7-8)14-10(15)3-4-11(14)5-6-11/h1-2,7H,3-6H2. The first kappa shape index (κ1) is 9.33. The fraction of sp³-hybridized carbons (Fsp3) is 0.455. The fourth-order valence-electron chi connectivity index (χ4n) is 2.32. The van der Waals surface area contributed by atoms with Crippen molar-refractivity contribution >= 4 is 27.7 Å². The Bertz CT molecular complexity index is 411. The summed E-state index contributed by atoms with van der Waals surface area (Å²) < 4.78 is 0.947. The third kappa shape index (κ3) is 1.39. The first-order valence-electron chi connectivity index (χ1n) is 5.16. The number of anilines is 1. The molecular formula is C11H11BrN2O. The number of aromatic nitrogens is 1. The van der Waals surface area contributed by atoms with Crippen LogP contribution in [0.25, 0.3) is 0 Å². The highest BCUT2D eigenvalue weighted by molar-refractivity contribution is 9.10. The molecule has 0 radical (unpaired) electrons. The Kier molecular flexibility index (Phi) is 1.89. The van der Waals surface area contributed by atoms with Gasteiger partial charge in [0.25, 0.3) is 0 Å². The first-order chi connectivity index (χ1) is 7.21. The summed E-state index contributed by atoms with van der Waals surface area (Å²) in [6.07, 6.45) is 5.70. The number of carbonyl (C=O) groups excluding carboxylic acids is 1. The second-order valence-corrected chi connectivity index (χ2v) is 5.20. The van der Waals surface area contributed by atoms with Gasteiger partial charge in [-0.15, -0.1) is 0 Å². The van der Waals surface area contributed by atoms with Gasteiger partial charge < -0.3 is 0 Å². The Hall–Kier alpha value is -0.900. The molecular weight excluding hydrogens is 256 g/mol. The molecule has 2 aliphatic rings. The van der Waals surface area contributed by atoms with E-state index in [9.17, 15) is 4.79 Å². The van der Waals surface area contributed by atoms with Crippen LogP contribution in [-0.4, -0.2) is 16.4 Å². The largest absolute Gasteiger partial charge is 0.291 e. The molecule has 15 heavy (non-hydrogen) atoms. The predicted octanol–water partition coefficient (Wildman–Crippen LogP) is 2.50. The third-order valence-electron chi connectivity index (χ3n) is 3.30. The highest BCUT2D eigenvalue weighted by Gasteiger charge is 2.55. The van der Waals surface area contributed by atoms with Gasteiger partial charge in [-0.25, -0.2) is 4.98 Å². The Labute approximate surface area is 96.6 Å². The first-order valence-corrected chi connectivity index (χ1v) is 5.95. The summed E-state index contributed by atoms with van der Waals surface area (Å²) in [5.74, 6) is 1.03. The van der Waals surface area contributed by atoms with E-state index in [0.29, 0.717) is 6.42 Å². The zero-order valence-electron chi connectivity index (χ0n) is 8.24. The van der Waals surface area contributed by atoms with E-state index in [-0.39, 0.29) is 11.4 Å². The van der Waals surface area contributed by atoms with Crippen molar-refractivity contribution in [2.24, 2.45) is 0 Å². The molecule has 1 saturated carbocycles. The maximum absolute atomic E-state index is 11.8. The Balaban J connectivity index is 1.98. The third-order valence-corrected chi connectivity index (χ3v) is 3.77. The van der Waals surface area contributed by atoms with Crippen molar-refractivity contribution in [2.45, 2.75) is 31.2 Å². The molecule has 2 heterocycles. The lowest BCUT2D eigenvalue weighted by Crippen LogP contribution is -2.35. The topological polar surface area (TPSA) is 33.2 Å². The summed E-state index contributed by atoms with van der Waals surface area (Å²) >= 11 is 3.35. The van der Waals surface area contributed by atoms with E-state index in [0.717, 1.165) is 29.6 Å². The van der Waals surface area contributed by atoms with Crippen molar-refractivity contribution in [3.05, 3.63) is 22.8 Å². The van der Waals surface area contributed by atoms with E-state index in [1.54, 1.807) is 6.20 Å². The smallest absolute Gasteiger partial charge is 0.228 e. The van der Waals surface area contributed by atoms with Crippen molar-refractivity contribution in [3.63, 3.8) is 0 Å². The maximum Gasteiger partial charge on any atom is 0.228 e. The summed E-state index contributed by atoms with van der Waals surface area (Å²) in [6, 6.07) is 3.84. The average Bonchev–Trinajstić information content (AvgIpc) is 2.92. The van der Waals surface area contributed by atoms with Gasteiger partial charge in [0, 0.05) is 22.6 Å². The van der Waals surface area contributed by atoms with Gasteiger partial charge >= 0.3 is 0 Å². The number of halogens is 1. The zero-order chi connectivity index (χ0) is 10.5. The van der Waals surface area contributed by atoms with Gasteiger partial charge in [0.15, 0.2) is 0 Å². The van der Waals surface area contributed by atoms with E-state index < -0.39 is 0 Å². The van der Waals surface area contributed by atoms with Crippen molar-refractivity contribution in [2.75, 3.05) is 4.90 Å². The van der Waals surface area contributed by atoms with Gasteiger partial charge in [-0.3, -0.25) is 9.69 Å². The minimum absolute atomic E-state index is 0.137. The van der Waals surface area contributed by atoms with Gasteiger partial charge in [-0.05, 0) is 47.3 Å². The molecule has 1 spiro atoms. The molecule has 3 nitrogen and oxygen atoms in total. The maximum atomic E-state index is 11.8. The van der Waals surface area contributed by atoms with Gasteiger partial charge in [-0.1, -0.05) is 0 Å². The van der Waals surface area contributed by atoms with Crippen LogP contribution in [0.3, 0.4) is 0 Å². The molecule has 3 rings (SSSR count). The summed E-state index contributed by atoms with van der Waals surface area (Å²) in [7, 11) is 0. The highest BCUT2D eigenvalue weighted by atomic mass is 79.9. The molecule has 0 unspecified atom stereocenters. The van der Waals surface area contributed by atoms with Crippen LogP contribution in [0.1, 0.15) is 25.7 Å². The number of hydrogen-bond acceptors (Lipinski definition) is 2. The second-order valence-electron chi connectivity index (χ2n) is 4.29. The molecule has 1 aliphatic carbocycles. The quantitative estimate of drug-likeness (QED) is 0.783. The van der Waals surface area contributed by atoms with Crippen LogP contribution >= 0.6 is 15.9 Å². The van der Waals surface area contributed by atoms with Gasteiger partial charge in [0.1, 0.15) is 5.82 Å². The Morgan fingerprint density at radius 1 is 1.33 bits per heavy atom. The predicted molar refractivity (Wildman–Crippen MR) is 60.6 cm³/mol. The summed E-state index contributed by atoms with van der Waals surface area (Å²) in [6.45, 7) is 0. The van der Waals surface area contributed by atoms with E-state index in [2.05, 4.69) is 20.9 Å². The molecule has 0 bridgehead atoms. The van der Waals surface area contributed by atoms with Crippen LogP contribution < -0.4 is 4.90 Å². The molecule has 0 atom stereocenters. The minimum Gasteiger partial charge on any atom is -0.291 e. The number of hydrogen-bond donors (Lipinski definition) is 0. The number of amides is 1. The van der Waals surface area contributed by atoms with Crippen LogP contribution in [0, 0.1) is 0 Å². The fourth-order valence-corrected chi connectivity index (χ4v) is 2.55. The molecule has 0 aromatic carbocycles. The SMILES string of the molecule is O=C1CCC2(CC2)N1c1ccc(Br)cn1. The summed E-state index contributed by atoms with van der Waals surface area (Å²) in [5.41, 5.74) is 0.137. The summed E-state index contributed by atoms with van der Waals surface area (Å²) in [4.78, 5) is 18.0. The van der Waals surface area contributed by atoms with Crippen LogP contribution in [0.4, 0.5) is 5.82 Å². The van der Waals surface area contributed by atoms with E-state index in [4.69, 9.17) is 0 Å². The molecule has 2 fully saturated rings. The Morgan fingerprint density at radius 3 is 2.73 bits per heavy atom. The number of rotatable bonds is 1. The second kappa shape index (κ2) is 3.04. The van der Waals surface area contributed by atoms with Gasteiger partial charge in [-0.2, -0.15) is 0 Å². The lowest BCUT2D eigenvalue weighted by atomic mass is 10.2. The number of pyridine rings is 1. The zero-order valence-corrected chi connectivity index (χ0v) is 9.83. The van der Waals surface area contributed by atoms with Crippen molar-refractivity contribution in [1.82, 2.24) is 4.98 Å². The van der Waals surface area contributed by atoms with E-state index in [1.165, 1.54) is 0 Å². The van der Waals surface area contributed by atoms with Crippen LogP contribution in [0.5, 0.6) is 0 Å². The average molecular weight is 267 g/mol. The van der Waals surface area contributed by atoms with Crippen LogP contribution in [0.2, 0.25) is 0 Å². The number of nitrogens with zero attached hydrogens (tertiary/aromatic N) is 2. The summed E-state index contributed by atoms with van der Waals surface area (Å²) in [5, 5.41) is 0. The molecule has 1 amide bonds. The highest BCUT2D eigenvalue weighted by Crippen LogP contribution is 2.51. The van der Waals surface area contributed by atoms with E-state index >= 15 is 0 Å².